The molecule has 1 aliphatic heterocycles. The highest BCUT2D eigenvalue weighted by atomic mass is 16.5. The summed E-state index contributed by atoms with van der Waals surface area (Å²) >= 11 is 0. The first-order valence-electron chi connectivity index (χ1n) is 5.45. The number of ether oxygens (including phenoxy) is 1. The monoisotopic (exact) mass is 197 g/mol. The highest BCUT2D eigenvalue weighted by molar-refractivity contribution is 5.74. The summed E-state index contributed by atoms with van der Waals surface area (Å²) in [4.78, 5) is 0. The minimum Gasteiger partial charge on any atom is -0.381 e. The van der Waals surface area contributed by atoms with E-state index in [0.29, 0.717) is 0 Å². The predicted octanol–water partition coefficient (Wildman–Crippen LogP) is 3.43. The highest BCUT2D eigenvalue weighted by Gasteiger charge is 2.13. The van der Waals surface area contributed by atoms with E-state index >= 15 is 0 Å². The van der Waals surface area contributed by atoms with Gasteiger partial charge in [0.25, 0.3) is 0 Å². The van der Waals surface area contributed by atoms with Crippen molar-refractivity contribution in [3.05, 3.63) is 11.6 Å². The van der Waals surface area contributed by atoms with Gasteiger partial charge in [-0.05, 0) is 38.2 Å². The predicted molar refractivity (Wildman–Crippen MR) is 62.0 cm³/mol. The Bertz CT molecular complexity index is 169. The molecule has 0 aromatic heterocycles. The molecule has 0 saturated carbocycles. The smallest absolute Gasteiger partial charge is 0.0495 e. The van der Waals surface area contributed by atoms with Crippen LogP contribution < -0.4 is 0 Å². The molecule has 1 atom stereocenters. The van der Waals surface area contributed by atoms with Crippen molar-refractivity contribution in [2.24, 2.45) is 5.92 Å². The van der Waals surface area contributed by atoms with Gasteiger partial charge in [0.15, 0.2) is 0 Å². The fourth-order valence-corrected chi connectivity index (χ4v) is 1.30. The quantitative estimate of drug-likeness (QED) is 0.691. The lowest BCUT2D eigenvalue weighted by Gasteiger charge is -2.01. The summed E-state index contributed by atoms with van der Waals surface area (Å²) in [6.45, 7) is 8.07. The van der Waals surface area contributed by atoms with Gasteiger partial charge in [-0.1, -0.05) is 19.4 Å². The normalized spacial score (nSPS) is 21.4. The van der Waals surface area contributed by atoms with E-state index in [0.717, 1.165) is 24.7 Å². The van der Waals surface area contributed by atoms with Crippen LogP contribution in [-0.2, 0) is 4.74 Å². The summed E-state index contributed by atoms with van der Waals surface area (Å²) in [6, 6.07) is 0. The van der Waals surface area contributed by atoms with Crippen LogP contribution in [0.2, 0.25) is 0 Å². The van der Waals surface area contributed by atoms with Crippen molar-refractivity contribution in [2.75, 3.05) is 13.2 Å². The Labute approximate surface area is 87.9 Å². The van der Waals surface area contributed by atoms with E-state index in [4.69, 9.17) is 10.1 Å². The van der Waals surface area contributed by atoms with Crippen LogP contribution in [0, 0.1) is 11.3 Å². The van der Waals surface area contributed by atoms with Gasteiger partial charge < -0.3 is 10.1 Å². The molecule has 0 radical (unpaired) electrons. The molecule has 0 bridgehead atoms. The van der Waals surface area contributed by atoms with Crippen LogP contribution in [0.25, 0.3) is 0 Å². The molecule has 1 heterocycles. The maximum atomic E-state index is 6.62. The van der Waals surface area contributed by atoms with Crippen LogP contribution in [0.1, 0.15) is 40.0 Å². The van der Waals surface area contributed by atoms with E-state index in [2.05, 4.69) is 6.92 Å². The molecule has 1 N–H and O–H groups in total. The molecule has 0 aromatic rings. The van der Waals surface area contributed by atoms with Gasteiger partial charge in [-0.15, -0.1) is 0 Å². The molecule has 82 valence electrons. The molecule has 14 heavy (non-hydrogen) atoms. The molecule has 0 amide bonds. The average Bonchev–Trinajstić information content (AvgIpc) is 2.71. The lowest BCUT2D eigenvalue weighted by atomic mass is 10.0. The van der Waals surface area contributed by atoms with Crippen molar-refractivity contribution >= 4 is 6.21 Å². The summed E-state index contributed by atoms with van der Waals surface area (Å²) in [5.74, 6) is 0.889. The fraction of sp³-hybridized carbons (Fsp3) is 0.750. The van der Waals surface area contributed by atoms with Gasteiger partial charge in [0.05, 0.1) is 0 Å². The van der Waals surface area contributed by atoms with Gasteiger partial charge in [0, 0.05) is 19.4 Å². The molecular formula is C12H23NO. The third-order valence-corrected chi connectivity index (χ3v) is 2.40. The second-order valence-corrected chi connectivity index (χ2v) is 3.70. The Morgan fingerprint density at radius 3 is 2.57 bits per heavy atom. The molecule has 1 saturated heterocycles. The minimum absolute atomic E-state index is 0.889. The standard InChI is InChI=1S/C7H14O.C5H9N/c1-2-3-7-4-5-8-6-7;1-3-5(2)4-6/h7H,2-6H2,1H3;3-4,6H,1-2H3/b;5-3-,6-4?. The second-order valence-electron chi connectivity index (χ2n) is 3.70. The third kappa shape index (κ3) is 6.84. The third-order valence-electron chi connectivity index (χ3n) is 2.40. The Hall–Kier alpha value is -0.630. The van der Waals surface area contributed by atoms with Crippen LogP contribution in [0.15, 0.2) is 11.6 Å². The summed E-state index contributed by atoms with van der Waals surface area (Å²) in [5.41, 5.74) is 1.01. The number of rotatable bonds is 3. The van der Waals surface area contributed by atoms with Crippen molar-refractivity contribution in [3.8, 4) is 0 Å². The van der Waals surface area contributed by atoms with Crippen LogP contribution in [0.5, 0.6) is 0 Å². The van der Waals surface area contributed by atoms with E-state index < -0.39 is 0 Å². The fourth-order valence-electron chi connectivity index (χ4n) is 1.30. The van der Waals surface area contributed by atoms with E-state index in [9.17, 15) is 0 Å². The highest BCUT2D eigenvalue weighted by Crippen LogP contribution is 2.16. The Morgan fingerprint density at radius 1 is 1.57 bits per heavy atom. The number of nitrogens with one attached hydrogen (secondary N) is 1. The van der Waals surface area contributed by atoms with Crippen molar-refractivity contribution in [2.45, 2.75) is 40.0 Å². The first-order chi connectivity index (χ1) is 6.74. The second kappa shape index (κ2) is 8.95. The summed E-state index contributed by atoms with van der Waals surface area (Å²) in [5, 5.41) is 6.62. The Kier molecular flexibility index (Phi) is 8.54. The zero-order valence-corrected chi connectivity index (χ0v) is 9.68. The van der Waals surface area contributed by atoms with Crippen LogP contribution >= 0.6 is 0 Å². The van der Waals surface area contributed by atoms with Gasteiger partial charge in [-0.25, -0.2) is 0 Å². The largest absolute Gasteiger partial charge is 0.381 e. The maximum absolute atomic E-state index is 6.62. The van der Waals surface area contributed by atoms with E-state index in [1.807, 2.05) is 19.9 Å². The van der Waals surface area contributed by atoms with Crippen molar-refractivity contribution in [1.29, 1.82) is 5.41 Å². The van der Waals surface area contributed by atoms with E-state index in [1.54, 1.807) is 0 Å². The zero-order valence-electron chi connectivity index (χ0n) is 9.68. The molecule has 1 rings (SSSR count). The molecule has 2 heteroatoms. The van der Waals surface area contributed by atoms with E-state index in [-0.39, 0.29) is 0 Å². The number of hydrogen-bond donors (Lipinski definition) is 1. The average molecular weight is 197 g/mol. The summed E-state index contributed by atoms with van der Waals surface area (Å²) < 4.78 is 5.21. The SMILES string of the molecule is C/C=C(/C)C=N.CCCC1CCOC1. The lowest BCUT2D eigenvalue weighted by Crippen LogP contribution is -1.96. The summed E-state index contributed by atoms with van der Waals surface area (Å²) in [7, 11) is 0. The van der Waals surface area contributed by atoms with E-state index in [1.165, 1.54) is 25.5 Å². The zero-order chi connectivity index (χ0) is 10.8. The van der Waals surface area contributed by atoms with Gasteiger partial charge >= 0.3 is 0 Å². The van der Waals surface area contributed by atoms with Gasteiger partial charge in [-0.3, -0.25) is 0 Å². The van der Waals surface area contributed by atoms with Gasteiger partial charge in [0.1, 0.15) is 0 Å². The van der Waals surface area contributed by atoms with Crippen molar-refractivity contribution in [3.63, 3.8) is 0 Å². The molecule has 2 nitrogen and oxygen atoms in total. The Morgan fingerprint density at radius 2 is 2.29 bits per heavy atom. The molecule has 0 aliphatic carbocycles. The molecule has 1 unspecified atom stereocenters. The first kappa shape index (κ1) is 13.4. The molecule has 1 aliphatic rings. The maximum Gasteiger partial charge on any atom is 0.0495 e. The topological polar surface area (TPSA) is 33.1 Å². The van der Waals surface area contributed by atoms with Crippen LogP contribution in [0.3, 0.4) is 0 Å². The molecule has 0 spiro atoms. The first-order valence-corrected chi connectivity index (χ1v) is 5.45. The molecule has 1 fully saturated rings. The number of hydrogen-bond acceptors (Lipinski definition) is 2. The van der Waals surface area contributed by atoms with Gasteiger partial charge in [-0.2, -0.15) is 0 Å². The van der Waals surface area contributed by atoms with Crippen molar-refractivity contribution < 1.29 is 4.74 Å². The van der Waals surface area contributed by atoms with Crippen molar-refractivity contribution in [1.82, 2.24) is 0 Å². The lowest BCUT2D eigenvalue weighted by molar-refractivity contribution is 0.184. The molecular weight excluding hydrogens is 174 g/mol. The van der Waals surface area contributed by atoms with Crippen LogP contribution in [0.4, 0.5) is 0 Å². The van der Waals surface area contributed by atoms with Crippen LogP contribution in [-0.4, -0.2) is 19.4 Å². The molecule has 0 aromatic carbocycles. The Balaban J connectivity index is 0.000000255. The summed E-state index contributed by atoms with van der Waals surface area (Å²) in [6.07, 6.45) is 7.20. The van der Waals surface area contributed by atoms with Gasteiger partial charge in [0.2, 0.25) is 0 Å². The number of allylic oxidation sites excluding steroid dienone is 2. The minimum atomic E-state index is 0.889.